The van der Waals surface area contributed by atoms with Gasteiger partial charge < -0.3 is 10.2 Å². The molecule has 0 unspecified atom stereocenters. The van der Waals surface area contributed by atoms with E-state index in [0.29, 0.717) is 5.69 Å². The highest BCUT2D eigenvalue weighted by atomic mass is 19.4. The number of halogens is 3. The zero-order chi connectivity index (χ0) is 14.8. The van der Waals surface area contributed by atoms with Crippen molar-refractivity contribution in [1.29, 1.82) is 0 Å². The smallest absolute Gasteiger partial charge is 0.347 e. The molecule has 0 saturated carbocycles. The van der Waals surface area contributed by atoms with Gasteiger partial charge in [-0.15, -0.1) is 0 Å². The average molecular weight is 286 g/mol. The molecule has 1 heterocycles. The molecule has 1 aliphatic rings. The number of nitrogens with one attached hydrogen (secondary N) is 1. The maximum Gasteiger partial charge on any atom is 0.405 e. The third kappa shape index (κ3) is 3.49. The summed E-state index contributed by atoms with van der Waals surface area (Å²) in [6.45, 7) is -1.27. The Morgan fingerprint density at radius 1 is 1.30 bits per heavy atom. The highest BCUT2D eigenvalue weighted by Crippen LogP contribution is 2.25. The monoisotopic (exact) mass is 286 g/mol. The van der Waals surface area contributed by atoms with Gasteiger partial charge in [-0.3, -0.25) is 9.59 Å². The second kappa shape index (κ2) is 5.52. The molecule has 7 heteroatoms. The van der Waals surface area contributed by atoms with E-state index in [9.17, 15) is 22.8 Å². The van der Waals surface area contributed by atoms with E-state index in [1.807, 2.05) is 5.32 Å². The first kappa shape index (κ1) is 14.4. The molecule has 1 aromatic rings. The molecular weight excluding hydrogens is 273 g/mol. The lowest BCUT2D eigenvalue weighted by atomic mass is 10.1. The molecule has 0 aromatic heterocycles. The first-order valence-corrected chi connectivity index (χ1v) is 6.07. The molecule has 1 fully saturated rings. The normalized spacial score (nSPS) is 19.2. The summed E-state index contributed by atoms with van der Waals surface area (Å²) < 4.78 is 36.1. The number of alkyl halides is 3. The quantitative estimate of drug-likeness (QED) is 0.919. The van der Waals surface area contributed by atoms with Crippen LogP contribution >= 0.6 is 0 Å². The standard InChI is InChI=1S/C13H13F3N2O2/c14-13(15,16)8-17-12(20)9-6-11(19)18(7-9)10-4-2-1-3-5-10/h1-5,9H,6-8H2,(H,17,20)/t9-/m1/s1. The lowest BCUT2D eigenvalue weighted by Crippen LogP contribution is -2.38. The lowest BCUT2D eigenvalue weighted by Gasteiger charge is -2.16. The van der Waals surface area contributed by atoms with Crippen LogP contribution in [0.25, 0.3) is 0 Å². The number of anilines is 1. The van der Waals surface area contributed by atoms with Gasteiger partial charge in [-0.1, -0.05) is 18.2 Å². The van der Waals surface area contributed by atoms with Gasteiger partial charge in [-0.05, 0) is 12.1 Å². The van der Waals surface area contributed by atoms with Crippen molar-refractivity contribution in [1.82, 2.24) is 5.32 Å². The predicted octanol–water partition coefficient (Wildman–Crippen LogP) is 1.72. The van der Waals surface area contributed by atoms with E-state index in [1.165, 1.54) is 4.90 Å². The molecule has 0 aliphatic carbocycles. The number of carbonyl (C=O) groups excluding carboxylic acids is 2. The Balaban J connectivity index is 1.97. The van der Waals surface area contributed by atoms with Gasteiger partial charge in [-0.2, -0.15) is 13.2 Å². The molecule has 108 valence electrons. The van der Waals surface area contributed by atoms with Crippen LogP contribution in [0.4, 0.5) is 18.9 Å². The first-order chi connectivity index (χ1) is 9.37. The van der Waals surface area contributed by atoms with Crippen LogP contribution in [-0.4, -0.2) is 31.1 Å². The van der Waals surface area contributed by atoms with Crippen LogP contribution in [0.5, 0.6) is 0 Å². The predicted molar refractivity (Wildman–Crippen MR) is 66.0 cm³/mol. The maximum absolute atomic E-state index is 12.0. The molecule has 2 amide bonds. The first-order valence-electron chi connectivity index (χ1n) is 6.07. The van der Waals surface area contributed by atoms with Gasteiger partial charge in [0.05, 0.1) is 5.92 Å². The third-order valence-corrected chi connectivity index (χ3v) is 3.03. The van der Waals surface area contributed by atoms with Crippen LogP contribution in [0.15, 0.2) is 30.3 Å². The molecule has 0 bridgehead atoms. The third-order valence-electron chi connectivity index (χ3n) is 3.03. The largest absolute Gasteiger partial charge is 0.405 e. The molecule has 0 spiro atoms. The summed E-state index contributed by atoms with van der Waals surface area (Å²) in [4.78, 5) is 24.9. The Kier molecular flexibility index (Phi) is 3.96. The molecule has 4 nitrogen and oxygen atoms in total. The molecule has 0 radical (unpaired) electrons. The van der Waals surface area contributed by atoms with Crippen molar-refractivity contribution < 1.29 is 22.8 Å². The van der Waals surface area contributed by atoms with E-state index in [-0.39, 0.29) is 18.9 Å². The highest BCUT2D eigenvalue weighted by Gasteiger charge is 2.36. The number of hydrogen-bond donors (Lipinski definition) is 1. The summed E-state index contributed by atoms with van der Waals surface area (Å²) >= 11 is 0. The second-order valence-electron chi connectivity index (χ2n) is 4.57. The lowest BCUT2D eigenvalue weighted by molar-refractivity contribution is -0.140. The molecular formula is C13H13F3N2O2. The van der Waals surface area contributed by atoms with E-state index in [2.05, 4.69) is 0 Å². The molecule has 20 heavy (non-hydrogen) atoms. The van der Waals surface area contributed by atoms with Gasteiger partial charge in [0.25, 0.3) is 0 Å². The van der Waals surface area contributed by atoms with E-state index < -0.39 is 24.5 Å². The van der Waals surface area contributed by atoms with Crippen molar-refractivity contribution in [3.63, 3.8) is 0 Å². The van der Waals surface area contributed by atoms with Crippen LogP contribution in [0.2, 0.25) is 0 Å². The number of rotatable bonds is 3. The van der Waals surface area contributed by atoms with Crippen molar-refractivity contribution >= 4 is 17.5 Å². The van der Waals surface area contributed by atoms with E-state index >= 15 is 0 Å². The van der Waals surface area contributed by atoms with Crippen LogP contribution in [0, 0.1) is 5.92 Å². The molecule has 1 aliphatic heterocycles. The van der Waals surface area contributed by atoms with Crippen molar-refractivity contribution in [3.8, 4) is 0 Å². The topological polar surface area (TPSA) is 49.4 Å². The van der Waals surface area contributed by atoms with E-state index in [0.717, 1.165) is 0 Å². The Labute approximate surface area is 113 Å². The SMILES string of the molecule is O=C(NCC(F)(F)F)[C@@H]1CC(=O)N(c2ccccc2)C1. The number of para-hydroxylation sites is 1. The molecule has 1 N–H and O–H groups in total. The van der Waals surface area contributed by atoms with Crippen LogP contribution < -0.4 is 10.2 Å². The minimum atomic E-state index is -4.45. The minimum absolute atomic E-state index is 0.0708. The second-order valence-corrected chi connectivity index (χ2v) is 4.57. The fourth-order valence-corrected chi connectivity index (χ4v) is 2.07. The number of hydrogen-bond acceptors (Lipinski definition) is 2. The van der Waals surface area contributed by atoms with Crippen molar-refractivity contribution in [2.45, 2.75) is 12.6 Å². The van der Waals surface area contributed by atoms with Gasteiger partial charge in [0.2, 0.25) is 11.8 Å². The van der Waals surface area contributed by atoms with Crippen LogP contribution in [0.3, 0.4) is 0 Å². The number of nitrogens with zero attached hydrogens (tertiary/aromatic N) is 1. The molecule has 2 rings (SSSR count). The zero-order valence-corrected chi connectivity index (χ0v) is 10.5. The van der Waals surface area contributed by atoms with Gasteiger partial charge in [0, 0.05) is 18.7 Å². The summed E-state index contributed by atoms with van der Waals surface area (Å²) in [6.07, 6.45) is -4.52. The van der Waals surface area contributed by atoms with Crippen LogP contribution in [-0.2, 0) is 9.59 Å². The molecule has 1 atom stereocenters. The van der Waals surface area contributed by atoms with E-state index in [1.54, 1.807) is 30.3 Å². The summed E-state index contributed by atoms with van der Waals surface area (Å²) in [5.74, 6) is -1.75. The summed E-state index contributed by atoms with van der Waals surface area (Å²) in [6, 6.07) is 8.72. The number of carbonyl (C=O) groups is 2. The fourth-order valence-electron chi connectivity index (χ4n) is 2.07. The van der Waals surface area contributed by atoms with Crippen molar-refractivity contribution in [2.24, 2.45) is 5.92 Å². The number of amides is 2. The van der Waals surface area contributed by atoms with Crippen molar-refractivity contribution in [3.05, 3.63) is 30.3 Å². The van der Waals surface area contributed by atoms with Gasteiger partial charge in [0.15, 0.2) is 0 Å². The Morgan fingerprint density at radius 2 is 1.95 bits per heavy atom. The van der Waals surface area contributed by atoms with Crippen molar-refractivity contribution in [2.75, 3.05) is 18.0 Å². The Bertz CT molecular complexity index is 502. The van der Waals surface area contributed by atoms with Gasteiger partial charge in [0.1, 0.15) is 6.54 Å². The fraction of sp³-hybridized carbons (Fsp3) is 0.385. The molecule has 1 aromatic carbocycles. The summed E-state index contributed by atoms with van der Waals surface area (Å²) in [5.41, 5.74) is 0.642. The minimum Gasteiger partial charge on any atom is -0.347 e. The van der Waals surface area contributed by atoms with E-state index in [4.69, 9.17) is 0 Å². The average Bonchev–Trinajstić information content (AvgIpc) is 2.78. The van der Waals surface area contributed by atoms with Crippen LogP contribution in [0.1, 0.15) is 6.42 Å². The highest BCUT2D eigenvalue weighted by molar-refractivity contribution is 6.00. The summed E-state index contributed by atoms with van der Waals surface area (Å²) in [5, 5.41) is 1.81. The van der Waals surface area contributed by atoms with Gasteiger partial charge in [-0.25, -0.2) is 0 Å². The number of benzene rings is 1. The van der Waals surface area contributed by atoms with Gasteiger partial charge >= 0.3 is 6.18 Å². The maximum atomic E-state index is 12.0. The zero-order valence-electron chi connectivity index (χ0n) is 10.5. The Hall–Kier alpha value is -2.05. The molecule has 1 saturated heterocycles. The summed E-state index contributed by atoms with van der Waals surface area (Å²) in [7, 11) is 0. The Morgan fingerprint density at radius 3 is 2.55 bits per heavy atom.